The summed E-state index contributed by atoms with van der Waals surface area (Å²) in [7, 11) is 0. The summed E-state index contributed by atoms with van der Waals surface area (Å²) >= 11 is 3.38. The van der Waals surface area contributed by atoms with Crippen molar-refractivity contribution in [2.24, 2.45) is 0 Å². The summed E-state index contributed by atoms with van der Waals surface area (Å²) in [6.07, 6.45) is 7.51. The van der Waals surface area contributed by atoms with Crippen LogP contribution in [0.4, 0.5) is 0 Å². The first-order valence-corrected chi connectivity index (χ1v) is 9.75. The summed E-state index contributed by atoms with van der Waals surface area (Å²) in [4.78, 5) is 25.9. The summed E-state index contributed by atoms with van der Waals surface area (Å²) < 4.78 is 0. The second-order valence-corrected chi connectivity index (χ2v) is 7.96. The Bertz CT molecular complexity index is 723. The van der Waals surface area contributed by atoms with Crippen LogP contribution in [0.2, 0.25) is 0 Å². The Morgan fingerprint density at radius 3 is 3.05 bits per heavy atom. The first kappa shape index (κ1) is 14.5. The molecule has 0 spiro atoms. The molecule has 2 aliphatic carbocycles. The number of nitrogens with zero attached hydrogens (tertiary/aromatic N) is 3. The largest absolute Gasteiger partial charge is 0.339 e. The molecule has 0 N–H and O–H groups in total. The smallest absolute Gasteiger partial charge is 0.233 e. The van der Waals surface area contributed by atoms with Gasteiger partial charge in [0.2, 0.25) is 5.91 Å². The van der Waals surface area contributed by atoms with E-state index in [0.29, 0.717) is 11.8 Å². The number of hydrogen-bond donors (Lipinski definition) is 0. The van der Waals surface area contributed by atoms with Crippen molar-refractivity contribution in [3.63, 3.8) is 0 Å². The lowest BCUT2D eigenvalue weighted by Gasteiger charge is -2.19. The summed E-state index contributed by atoms with van der Waals surface area (Å²) in [5, 5.41) is 2.21. The van der Waals surface area contributed by atoms with Gasteiger partial charge in [-0.2, -0.15) is 0 Å². The van der Waals surface area contributed by atoms with Gasteiger partial charge >= 0.3 is 0 Å². The van der Waals surface area contributed by atoms with Crippen LogP contribution >= 0.6 is 23.1 Å². The van der Waals surface area contributed by atoms with Crippen molar-refractivity contribution in [2.45, 2.75) is 50.1 Å². The Balaban J connectivity index is 1.55. The van der Waals surface area contributed by atoms with Gasteiger partial charge in [0.15, 0.2) is 0 Å². The molecule has 0 bridgehead atoms. The number of carbonyl (C=O) groups is 1. The van der Waals surface area contributed by atoms with Crippen LogP contribution in [0.15, 0.2) is 11.4 Å². The Morgan fingerprint density at radius 2 is 2.27 bits per heavy atom. The van der Waals surface area contributed by atoms with Gasteiger partial charge in [-0.3, -0.25) is 4.79 Å². The fourth-order valence-electron chi connectivity index (χ4n) is 3.25. The van der Waals surface area contributed by atoms with Gasteiger partial charge in [-0.05, 0) is 44.6 Å². The molecule has 2 aliphatic rings. The average Bonchev–Trinajstić information content (AvgIpc) is 3.13. The number of aryl methyl sites for hydroxylation is 2. The van der Waals surface area contributed by atoms with Gasteiger partial charge < -0.3 is 4.90 Å². The molecule has 4 rings (SSSR count). The van der Waals surface area contributed by atoms with Gasteiger partial charge in [-0.1, -0.05) is 11.8 Å². The van der Waals surface area contributed by atoms with Gasteiger partial charge in [0.1, 0.15) is 16.2 Å². The van der Waals surface area contributed by atoms with Crippen LogP contribution in [-0.2, 0) is 17.6 Å². The SMILES string of the molecule is CCN(C(=O)CSc1ncnc2sc3c(c12)CCC3)C1CC1. The van der Waals surface area contributed by atoms with E-state index >= 15 is 0 Å². The van der Waals surface area contributed by atoms with Gasteiger partial charge in [-0.15, -0.1) is 11.3 Å². The fourth-order valence-corrected chi connectivity index (χ4v) is 5.45. The molecule has 0 aliphatic heterocycles. The van der Waals surface area contributed by atoms with Gasteiger partial charge in [0.25, 0.3) is 0 Å². The number of thiophene rings is 1. The minimum absolute atomic E-state index is 0.244. The second-order valence-electron chi connectivity index (χ2n) is 5.92. The molecule has 2 heterocycles. The van der Waals surface area contributed by atoms with Gasteiger partial charge in [-0.25, -0.2) is 9.97 Å². The Morgan fingerprint density at radius 1 is 1.41 bits per heavy atom. The van der Waals surface area contributed by atoms with Crippen molar-refractivity contribution < 1.29 is 4.79 Å². The van der Waals surface area contributed by atoms with E-state index in [1.165, 1.54) is 41.5 Å². The van der Waals surface area contributed by atoms with Crippen molar-refractivity contribution in [3.8, 4) is 0 Å². The van der Waals surface area contributed by atoms with Crippen molar-refractivity contribution >= 4 is 39.2 Å². The molecule has 22 heavy (non-hydrogen) atoms. The molecule has 1 amide bonds. The quantitative estimate of drug-likeness (QED) is 0.622. The molecule has 0 aromatic carbocycles. The molecule has 6 heteroatoms. The third-order valence-electron chi connectivity index (χ3n) is 4.45. The summed E-state index contributed by atoms with van der Waals surface area (Å²) in [5.74, 6) is 0.731. The molecule has 2 aromatic rings. The normalized spacial score (nSPS) is 17.0. The number of thioether (sulfide) groups is 1. The lowest BCUT2D eigenvalue weighted by Crippen LogP contribution is -2.34. The lowest BCUT2D eigenvalue weighted by molar-refractivity contribution is -0.128. The summed E-state index contributed by atoms with van der Waals surface area (Å²) in [6.45, 7) is 2.88. The number of hydrogen-bond acceptors (Lipinski definition) is 5. The fraction of sp³-hybridized carbons (Fsp3) is 0.562. The molecule has 1 fully saturated rings. The maximum atomic E-state index is 12.4. The minimum atomic E-state index is 0.244. The zero-order chi connectivity index (χ0) is 15.1. The number of carbonyl (C=O) groups excluding carboxylic acids is 1. The third kappa shape index (κ3) is 2.52. The van der Waals surface area contributed by atoms with E-state index < -0.39 is 0 Å². The molecule has 0 atom stereocenters. The standard InChI is InChI=1S/C16H19N3OS2/c1-2-19(10-6-7-10)13(20)8-21-15-14-11-4-3-5-12(11)22-16(14)18-9-17-15/h9-10H,2-8H2,1H3. The molecule has 1 saturated carbocycles. The van der Waals surface area contributed by atoms with Crippen LogP contribution in [0.5, 0.6) is 0 Å². The van der Waals surface area contributed by atoms with E-state index in [2.05, 4.69) is 16.9 Å². The van der Waals surface area contributed by atoms with E-state index in [-0.39, 0.29) is 5.91 Å². The van der Waals surface area contributed by atoms with Gasteiger partial charge in [0, 0.05) is 22.8 Å². The van der Waals surface area contributed by atoms with E-state index in [4.69, 9.17) is 0 Å². The monoisotopic (exact) mass is 333 g/mol. The Hall–Kier alpha value is -1.14. The highest BCUT2D eigenvalue weighted by Crippen LogP contribution is 2.40. The van der Waals surface area contributed by atoms with E-state index in [1.54, 1.807) is 29.4 Å². The first-order valence-electron chi connectivity index (χ1n) is 7.95. The highest BCUT2D eigenvalue weighted by Gasteiger charge is 2.31. The predicted molar refractivity (Wildman–Crippen MR) is 90.6 cm³/mol. The van der Waals surface area contributed by atoms with Crippen LogP contribution in [0.1, 0.15) is 36.6 Å². The number of fused-ring (bicyclic) bond motifs is 3. The predicted octanol–water partition coefficient (Wildman–Crippen LogP) is 3.28. The molecule has 0 saturated heterocycles. The van der Waals surface area contributed by atoms with Crippen LogP contribution in [-0.4, -0.2) is 39.1 Å². The first-order chi connectivity index (χ1) is 10.8. The van der Waals surface area contributed by atoms with Crippen molar-refractivity contribution in [3.05, 3.63) is 16.8 Å². The topological polar surface area (TPSA) is 46.1 Å². The molecular formula is C16H19N3OS2. The summed E-state index contributed by atoms with van der Waals surface area (Å²) in [5.41, 5.74) is 1.44. The van der Waals surface area contributed by atoms with Crippen LogP contribution in [0.3, 0.4) is 0 Å². The maximum Gasteiger partial charge on any atom is 0.233 e. The third-order valence-corrected chi connectivity index (χ3v) is 6.62. The minimum Gasteiger partial charge on any atom is -0.339 e. The van der Waals surface area contributed by atoms with Crippen LogP contribution in [0.25, 0.3) is 10.2 Å². The maximum absolute atomic E-state index is 12.4. The van der Waals surface area contributed by atoms with E-state index in [9.17, 15) is 4.79 Å². The molecule has 0 radical (unpaired) electrons. The Kier molecular flexibility index (Phi) is 3.82. The van der Waals surface area contributed by atoms with Crippen molar-refractivity contribution in [2.75, 3.05) is 12.3 Å². The highest BCUT2D eigenvalue weighted by atomic mass is 32.2. The molecule has 0 unspecified atom stereocenters. The van der Waals surface area contributed by atoms with Crippen LogP contribution < -0.4 is 0 Å². The highest BCUT2D eigenvalue weighted by molar-refractivity contribution is 8.00. The number of rotatable bonds is 5. The molecule has 4 nitrogen and oxygen atoms in total. The van der Waals surface area contributed by atoms with Gasteiger partial charge in [0.05, 0.1) is 5.75 Å². The Labute approximate surface area is 138 Å². The zero-order valence-corrected chi connectivity index (χ0v) is 14.3. The van der Waals surface area contributed by atoms with E-state index in [1.807, 2.05) is 4.90 Å². The zero-order valence-electron chi connectivity index (χ0n) is 12.7. The molecule has 2 aromatic heterocycles. The van der Waals surface area contributed by atoms with Crippen molar-refractivity contribution in [1.29, 1.82) is 0 Å². The molecule has 116 valence electrons. The van der Waals surface area contributed by atoms with E-state index in [0.717, 1.165) is 22.8 Å². The summed E-state index contributed by atoms with van der Waals surface area (Å²) in [6, 6.07) is 0.494. The second kappa shape index (κ2) is 5.81. The number of aromatic nitrogens is 2. The van der Waals surface area contributed by atoms with Crippen molar-refractivity contribution in [1.82, 2.24) is 14.9 Å². The lowest BCUT2D eigenvalue weighted by atomic mass is 10.2. The van der Waals surface area contributed by atoms with Crippen LogP contribution in [0, 0.1) is 0 Å². The average molecular weight is 333 g/mol. The molecular weight excluding hydrogens is 314 g/mol. The number of amides is 1.